The minimum absolute atomic E-state index is 0.0632. The van der Waals surface area contributed by atoms with E-state index in [0.29, 0.717) is 5.56 Å². The first-order valence-electron chi connectivity index (χ1n) is 6.18. The largest absolute Gasteiger partial charge is 0.508 e. The number of hydrogen-bond donors (Lipinski definition) is 3. The van der Waals surface area contributed by atoms with Gasteiger partial charge in [0.05, 0.1) is 12.2 Å². The molecule has 5 nitrogen and oxygen atoms in total. The van der Waals surface area contributed by atoms with Crippen molar-refractivity contribution in [2.24, 2.45) is 0 Å². The van der Waals surface area contributed by atoms with Crippen LogP contribution in [0.1, 0.15) is 10.4 Å². The molecule has 0 radical (unpaired) electrons. The standard InChI is InChI=1S/C15H13FN2O3/c16-12-8-11(19)6-7-13(12)18-14(20)9-17-15(21)10-4-2-1-3-5-10/h1-8,19H,9H2,(H,17,21)(H,18,20). The van der Waals surface area contributed by atoms with E-state index in [2.05, 4.69) is 10.6 Å². The molecule has 2 aromatic rings. The van der Waals surface area contributed by atoms with E-state index in [1.165, 1.54) is 12.1 Å². The van der Waals surface area contributed by atoms with E-state index < -0.39 is 17.6 Å². The minimum atomic E-state index is -0.752. The molecule has 3 N–H and O–H groups in total. The second-order valence-corrected chi connectivity index (χ2v) is 4.26. The number of phenols is 1. The Morgan fingerprint density at radius 3 is 2.48 bits per heavy atom. The molecule has 0 fully saturated rings. The maximum absolute atomic E-state index is 13.4. The molecule has 2 rings (SSSR count). The molecule has 0 bridgehead atoms. The third-order valence-corrected chi connectivity index (χ3v) is 2.67. The lowest BCUT2D eigenvalue weighted by Crippen LogP contribution is -2.33. The summed E-state index contributed by atoms with van der Waals surface area (Å²) in [5.41, 5.74) is 0.368. The van der Waals surface area contributed by atoms with Crippen LogP contribution in [0.2, 0.25) is 0 Å². The Balaban J connectivity index is 1.89. The number of hydrogen-bond acceptors (Lipinski definition) is 3. The van der Waals surface area contributed by atoms with Crippen molar-refractivity contribution in [3.63, 3.8) is 0 Å². The summed E-state index contributed by atoms with van der Waals surface area (Å²) in [5, 5.41) is 13.8. The van der Waals surface area contributed by atoms with Crippen LogP contribution in [0.4, 0.5) is 10.1 Å². The molecule has 0 saturated heterocycles. The molecule has 0 atom stereocenters. The number of rotatable bonds is 4. The van der Waals surface area contributed by atoms with E-state index in [0.717, 1.165) is 6.07 Å². The maximum Gasteiger partial charge on any atom is 0.251 e. The monoisotopic (exact) mass is 288 g/mol. The number of carbonyl (C=O) groups excluding carboxylic acids is 2. The van der Waals surface area contributed by atoms with Gasteiger partial charge in [-0.1, -0.05) is 18.2 Å². The molecule has 0 aromatic heterocycles. The highest BCUT2D eigenvalue weighted by Crippen LogP contribution is 2.19. The van der Waals surface area contributed by atoms with Crippen LogP contribution in [0.25, 0.3) is 0 Å². The highest BCUT2D eigenvalue weighted by molar-refractivity contribution is 5.99. The van der Waals surface area contributed by atoms with Crippen molar-refractivity contribution in [3.05, 3.63) is 59.9 Å². The number of halogens is 1. The Kier molecular flexibility index (Phi) is 4.50. The van der Waals surface area contributed by atoms with Crippen molar-refractivity contribution < 1.29 is 19.1 Å². The van der Waals surface area contributed by atoms with Gasteiger partial charge in [0.15, 0.2) is 0 Å². The molecule has 0 aliphatic heterocycles. The van der Waals surface area contributed by atoms with Crippen molar-refractivity contribution in [1.29, 1.82) is 0 Å². The van der Waals surface area contributed by atoms with E-state index in [4.69, 9.17) is 5.11 Å². The Labute approximate surface area is 120 Å². The van der Waals surface area contributed by atoms with Crippen LogP contribution in [0.5, 0.6) is 5.75 Å². The minimum Gasteiger partial charge on any atom is -0.508 e. The number of aromatic hydroxyl groups is 1. The summed E-state index contributed by atoms with van der Waals surface area (Å²) in [6, 6.07) is 11.8. The third-order valence-electron chi connectivity index (χ3n) is 2.67. The first-order chi connectivity index (χ1) is 10.1. The number of carbonyl (C=O) groups is 2. The van der Waals surface area contributed by atoms with Gasteiger partial charge >= 0.3 is 0 Å². The van der Waals surface area contributed by atoms with E-state index >= 15 is 0 Å². The second-order valence-electron chi connectivity index (χ2n) is 4.26. The van der Waals surface area contributed by atoms with Gasteiger partial charge in [0, 0.05) is 11.6 Å². The molecule has 21 heavy (non-hydrogen) atoms. The fraction of sp³-hybridized carbons (Fsp3) is 0.0667. The number of nitrogens with one attached hydrogen (secondary N) is 2. The van der Waals surface area contributed by atoms with E-state index in [1.54, 1.807) is 30.3 Å². The van der Waals surface area contributed by atoms with Crippen LogP contribution in [0.15, 0.2) is 48.5 Å². The second kappa shape index (κ2) is 6.51. The van der Waals surface area contributed by atoms with Crippen molar-refractivity contribution >= 4 is 17.5 Å². The molecule has 0 unspecified atom stereocenters. The Bertz CT molecular complexity index is 659. The summed E-state index contributed by atoms with van der Waals surface area (Å²) >= 11 is 0. The zero-order chi connectivity index (χ0) is 15.2. The molecule has 2 amide bonds. The Hall–Kier alpha value is -2.89. The summed E-state index contributed by atoms with van der Waals surface area (Å²) in [6.07, 6.45) is 0. The lowest BCUT2D eigenvalue weighted by atomic mass is 10.2. The van der Waals surface area contributed by atoms with Crippen LogP contribution in [-0.2, 0) is 4.79 Å². The molecule has 0 aliphatic rings. The molecule has 2 aromatic carbocycles. The topological polar surface area (TPSA) is 78.4 Å². The van der Waals surface area contributed by atoms with Crippen LogP contribution in [0, 0.1) is 5.82 Å². The average Bonchev–Trinajstić information content (AvgIpc) is 2.48. The smallest absolute Gasteiger partial charge is 0.251 e. The van der Waals surface area contributed by atoms with Crippen LogP contribution >= 0.6 is 0 Å². The zero-order valence-corrected chi connectivity index (χ0v) is 11.0. The lowest BCUT2D eigenvalue weighted by molar-refractivity contribution is -0.115. The van der Waals surface area contributed by atoms with Crippen LogP contribution in [-0.4, -0.2) is 23.5 Å². The maximum atomic E-state index is 13.4. The SMILES string of the molecule is O=C(CNC(=O)c1ccccc1)Nc1ccc(O)cc1F. The Morgan fingerprint density at radius 2 is 1.81 bits per heavy atom. The first kappa shape index (κ1) is 14.5. The number of phenolic OH excluding ortho intramolecular Hbond substituents is 1. The lowest BCUT2D eigenvalue weighted by Gasteiger charge is -2.08. The van der Waals surface area contributed by atoms with E-state index in [-0.39, 0.29) is 18.0 Å². The van der Waals surface area contributed by atoms with Crippen molar-refractivity contribution in [3.8, 4) is 5.75 Å². The van der Waals surface area contributed by atoms with Crippen molar-refractivity contribution in [1.82, 2.24) is 5.32 Å². The van der Waals surface area contributed by atoms with Gasteiger partial charge in [-0.15, -0.1) is 0 Å². The summed E-state index contributed by atoms with van der Waals surface area (Å²) in [5.74, 6) is -1.94. The average molecular weight is 288 g/mol. The van der Waals surface area contributed by atoms with Gasteiger partial charge < -0.3 is 15.7 Å². The van der Waals surface area contributed by atoms with Crippen LogP contribution < -0.4 is 10.6 Å². The fourth-order valence-corrected chi connectivity index (χ4v) is 1.65. The van der Waals surface area contributed by atoms with E-state index in [9.17, 15) is 14.0 Å². The molecule has 0 saturated carbocycles. The summed E-state index contributed by atoms with van der Waals surface area (Å²) < 4.78 is 13.4. The fourth-order valence-electron chi connectivity index (χ4n) is 1.65. The highest BCUT2D eigenvalue weighted by Gasteiger charge is 2.10. The molecule has 108 valence electrons. The van der Waals surface area contributed by atoms with Gasteiger partial charge in [0.25, 0.3) is 5.91 Å². The summed E-state index contributed by atoms with van der Waals surface area (Å²) in [4.78, 5) is 23.3. The van der Waals surface area contributed by atoms with Gasteiger partial charge in [0.1, 0.15) is 11.6 Å². The summed E-state index contributed by atoms with van der Waals surface area (Å²) in [6.45, 7) is -0.284. The zero-order valence-electron chi connectivity index (χ0n) is 11.0. The van der Waals surface area contributed by atoms with Crippen molar-refractivity contribution in [2.45, 2.75) is 0 Å². The van der Waals surface area contributed by atoms with Gasteiger partial charge in [0.2, 0.25) is 5.91 Å². The number of amides is 2. The third kappa shape index (κ3) is 4.04. The predicted octanol–water partition coefficient (Wildman–Crippen LogP) is 1.90. The molecule has 6 heteroatoms. The van der Waals surface area contributed by atoms with Gasteiger partial charge in [-0.05, 0) is 24.3 Å². The molecular formula is C15H13FN2O3. The van der Waals surface area contributed by atoms with E-state index in [1.807, 2.05) is 0 Å². The van der Waals surface area contributed by atoms with Gasteiger partial charge in [-0.3, -0.25) is 9.59 Å². The number of anilines is 1. The molecule has 0 spiro atoms. The van der Waals surface area contributed by atoms with Gasteiger partial charge in [-0.25, -0.2) is 4.39 Å². The molecule has 0 aliphatic carbocycles. The highest BCUT2D eigenvalue weighted by atomic mass is 19.1. The van der Waals surface area contributed by atoms with Crippen molar-refractivity contribution in [2.75, 3.05) is 11.9 Å². The first-order valence-corrected chi connectivity index (χ1v) is 6.18. The Morgan fingerprint density at radius 1 is 1.10 bits per heavy atom. The molecule has 0 heterocycles. The molecular weight excluding hydrogens is 275 g/mol. The van der Waals surface area contributed by atoms with Crippen LogP contribution in [0.3, 0.4) is 0 Å². The normalized spacial score (nSPS) is 9.95. The predicted molar refractivity (Wildman–Crippen MR) is 75.5 cm³/mol. The summed E-state index contributed by atoms with van der Waals surface area (Å²) in [7, 11) is 0. The van der Waals surface area contributed by atoms with Gasteiger partial charge in [-0.2, -0.15) is 0 Å². The quantitative estimate of drug-likeness (QED) is 0.752. The number of benzene rings is 2.